The van der Waals surface area contributed by atoms with Crippen LogP contribution in [0.25, 0.3) is 10.6 Å². The first-order valence-electron chi connectivity index (χ1n) is 8.56. The van der Waals surface area contributed by atoms with E-state index in [1.54, 1.807) is 11.3 Å². The Bertz CT molecular complexity index is 693. The molecular formula is C19H25N3OS. The Balaban J connectivity index is 1.55. The third kappa shape index (κ3) is 4.22. The fourth-order valence-corrected chi connectivity index (χ4v) is 3.86. The van der Waals surface area contributed by atoms with Crippen molar-refractivity contribution in [2.75, 3.05) is 13.1 Å². The van der Waals surface area contributed by atoms with Crippen LogP contribution in [0.1, 0.15) is 31.5 Å². The molecule has 0 radical (unpaired) electrons. The van der Waals surface area contributed by atoms with Gasteiger partial charge in [-0.3, -0.25) is 9.69 Å². The highest BCUT2D eigenvalue weighted by Crippen LogP contribution is 2.24. The zero-order chi connectivity index (χ0) is 17.1. The number of thiazole rings is 1. The van der Waals surface area contributed by atoms with Crippen LogP contribution in [0, 0.1) is 6.92 Å². The molecule has 2 aromatic rings. The summed E-state index contributed by atoms with van der Waals surface area (Å²) in [7, 11) is 0. The second-order valence-electron chi connectivity index (χ2n) is 6.83. The van der Waals surface area contributed by atoms with Crippen LogP contribution in [0.15, 0.2) is 29.6 Å². The maximum Gasteiger partial charge on any atom is 0.226 e. The molecule has 1 aromatic heterocycles. The van der Waals surface area contributed by atoms with Gasteiger partial charge in [0.05, 0.1) is 12.1 Å². The van der Waals surface area contributed by atoms with E-state index in [9.17, 15) is 4.79 Å². The van der Waals surface area contributed by atoms with Gasteiger partial charge in [-0.05, 0) is 27.2 Å². The average molecular weight is 343 g/mol. The number of aryl methyl sites for hydroxylation is 1. The van der Waals surface area contributed by atoms with E-state index in [0.717, 1.165) is 35.8 Å². The molecule has 3 rings (SSSR count). The van der Waals surface area contributed by atoms with E-state index >= 15 is 0 Å². The zero-order valence-electron chi connectivity index (χ0n) is 14.6. The van der Waals surface area contributed by atoms with Gasteiger partial charge in [-0.1, -0.05) is 29.8 Å². The molecular weight excluding hydrogens is 318 g/mol. The molecule has 5 heteroatoms. The van der Waals surface area contributed by atoms with Crippen LogP contribution in [0.2, 0.25) is 0 Å². The van der Waals surface area contributed by atoms with E-state index in [4.69, 9.17) is 0 Å². The summed E-state index contributed by atoms with van der Waals surface area (Å²) in [6.07, 6.45) is 1.40. The maximum absolute atomic E-state index is 12.3. The first-order valence-corrected chi connectivity index (χ1v) is 9.44. The number of hydrogen-bond acceptors (Lipinski definition) is 4. The number of hydrogen-bond donors (Lipinski definition) is 1. The van der Waals surface area contributed by atoms with Crippen molar-refractivity contribution in [3.05, 3.63) is 40.9 Å². The number of amides is 1. The van der Waals surface area contributed by atoms with Gasteiger partial charge < -0.3 is 5.32 Å². The summed E-state index contributed by atoms with van der Waals surface area (Å²) in [4.78, 5) is 19.3. The molecule has 24 heavy (non-hydrogen) atoms. The molecule has 1 N–H and O–H groups in total. The molecule has 1 atom stereocenters. The molecule has 0 aliphatic carbocycles. The largest absolute Gasteiger partial charge is 0.352 e. The Morgan fingerprint density at radius 2 is 2.12 bits per heavy atom. The Morgan fingerprint density at radius 1 is 1.38 bits per heavy atom. The molecule has 0 saturated carbocycles. The number of rotatable bonds is 5. The summed E-state index contributed by atoms with van der Waals surface area (Å²) >= 11 is 1.60. The first kappa shape index (κ1) is 17.1. The number of carbonyl (C=O) groups is 1. The fraction of sp³-hybridized carbons (Fsp3) is 0.474. The fourth-order valence-electron chi connectivity index (χ4n) is 3.03. The standard InChI is InChI=1S/C19H25N3OS/c1-13(2)22-9-8-16(11-22)20-18(23)10-17-12-24-19(21-17)15-6-4-14(3)5-7-15/h4-7,12-13,16H,8-11H2,1-3H3,(H,20,23). The first-order chi connectivity index (χ1) is 11.5. The van der Waals surface area contributed by atoms with Gasteiger partial charge in [0.15, 0.2) is 0 Å². The van der Waals surface area contributed by atoms with Crippen molar-refractivity contribution >= 4 is 17.2 Å². The molecule has 1 aliphatic rings. The lowest BCUT2D eigenvalue weighted by molar-refractivity contribution is -0.121. The zero-order valence-corrected chi connectivity index (χ0v) is 15.4. The Hall–Kier alpha value is -1.72. The Morgan fingerprint density at radius 3 is 2.79 bits per heavy atom. The molecule has 1 aromatic carbocycles. The Labute approximate surface area is 147 Å². The van der Waals surface area contributed by atoms with Crippen molar-refractivity contribution in [1.82, 2.24) is 15.2 Å². The molecule has 1 aliphatic heterocycles. The van der Waals surface area contributed by atoms with Crippen molar-refractivity contribution in [2.45, 2.75) is 45.7 Å². The van der Waals surface area contributed by atoms with Gasteiger partial charge in [-0.25, -0.2) is 4.98 Å². The number of benzene rings is 1. The molecule has 1 fully saturated rings. The lowest BCUT2D eigenvalue weighted by Gasteiger charge is -2.20. The van der Waals surface area contributed by atoms with Gasteiger partial charge in [-0.2, -0.15) is 0 Å². The maximum atomic E-state index is 12.3. The second-order valence-corrected chi connectivity index (χ2v) is 7.69. The van der Waals surface area contributed by atoms with Gasteiger partial charge in [-0.15, -0.1) is 11.3 Å². The highest BCUT2D eigenvalue weighted by molar-refractivity contribution is 7.13. The number of nitrogens with one attached hydrogen (secondary N) is 1. The van der Waals surface area contributed by atoms with Crippen molar-refractivity contribution in [1.29, 1.82) is 0 Å². The SMILES string of the molecule is Cc1ccc(-c2nc(CC(=O)NC3CCN(C(C)C)C3)cs2)cc1. The average Bonchev–Trinajstić information content (AvgIpc) is 3.17. The smallest absolute Gasteiger partial charge is 0.226 e. The van der Waals surface area contributed by atoms with E-state index in [0.29, 0.717) is 12.5 Å². The van der Waals surface area contributed by atoms with Gasteiger partial charge >= 0.3 is 0 Å². The van der Waals surface area contributed by atoms with Crippen molar-refractivity contribution < 1.29 is 4.79 Å². The normalized spacial score (nSPS) is 18.2. The van der Waals surface area contributed by atoms with Crippen LogP contribution in [-0.4, -0.2) is 41.0 Å². The summed E-state index contributed by atoms with van der Waals surface area (Å²) in [5, 5.41) is 6.12. The lowest BCUT2D eigenvalue weighted by atomic mass is 10.2. The van der Waals surface area contributed by atoms with E-state index in [2.05, 4.69) is 60.2 Å². The van der Waals surface area contributed by atoms with E-state index < -0.39 is 0 Å². The lowest BCUT2D eigenvalue weighted by Crippen LogP contribution is -2.39. The molecule has 4 nitrogen and oxygen atoms in total. The predicted molar refractivity (Wildman–Crippen MR) is 99.2 cm³/mol. The highest BCUT2D eigenvalue weighted by Gasteiger charge is 2.25. The molecule has 0 spiro atoms. The number of nitrogens with zero attached hydrogens (tertiary/aromatic N) is 2. The number of aromatic nitrogens is 1. The highest BCUT2D eigenvalue weighted by atomic mass is 32.1. The van der Waals surface area contributed by atoms with Crippen molar-refractivity contribution in [3.63, 3.8) is 0 Å². The third-order valence-corrected chi connectivity index (χ3v) is 5.45. The molecule has 2 heterocycles. The third-order valence-electron chi connectivity index (χ3n) is 4.51. The molecule has 1 amide bonds. The van der Waals surface area contributed by atoms with E-state index in [1.807, 2.05) is 5.38 Å². The van der Waals surface area contributed by atoms with Crippen LogP contribution in [0.4, 0.5) is 0 Å². The second kappa shape index (κ2) is 7.45. The van der Waals surface area contributed by atoms with Gasteiger partial charge in [0.1, 0.15) is 5.01 Å². The summed E-state index contributed by atoms with van der Waals surface area (Å²) in [6, 6.07) is 9.15. The van der Waals surface area contributed by atoms with Crippen LogP contribution in [0.5, 0.6) is 0 Å². The molecule has 0 bridgehead atoms. The number of likely N-dealkylation sites (tertiary alicyclic amines) is 1. The molecule has 128 valence electrons. The minimum atomic E-state index is 0.0753. The minimum absolute atomic E-state index is 0.0753. The van der Waals surface area contributed by atoms with E-state index in [-0.39, 0.29) is 11.9 Å². The topological polar surface area (TPSA) is 45.2 Å². The molecule has 1 unspecified atom stereocenters. The van der Waals surface area contributed by atoms with Crippen molar-refractivity contribution in [2.24, 2.45) is 0 Å². The quantitative estimate of drug-likeness (QED) is 0.906. The van der Waals surface area contributed by atoms with Gasteiger partial charge in [0.2, 0.25) is 5.91 Å². The Kier molecular flexibility index (Phi) is 5.31. The van der Waals surface area contributed by atoms with Crippen LogP contribution < -0.4 is 5.32 Å². The molecule has 1 saturated heterocycles. The van der Waals surface area contributed by atoms with Gasteiger partial charge in [0, 0.05) is 36.1 Å². The van der Waals surface area contributed by atoms with Crippen LogP contribution in [-0.2, 0) is 11.2 Å². The summed E-state index contributed by atoms with van der Waals surface area (Å²) in [5.41, 5.74) is 3.20. The number of carbonyl (C=O) groups excluding carboxylic acids is 1. The summed E-state index contributed by atoms with van der Waals surface area (Å²) < 4.78 is 0. The van der Waals surface area contributed by atoms with E-state index in [1.165, 1.54) is 5.56 Å². The van der Waals surface area contributed by atoms with Gasteiger partial charge in [0.25, 0.3) is 0 Å². The minimum Gasteiger partial charge on any atom is -0.352 e. The van der Waals surface area contributed by atoms with Crippen molar-refractivity contribution in [3.8, 4) is 10.6 Å². The van der Waals surface area contributed by atoms with Crippen LogP contribution in [0.3, 0.4) is 0 Å². The summed E-state index contributed by atoms with van der Waals surface area (Å²) in [5.74, 6) is 0.0753. The predicted octanol–water partition coefficient (Wildman–Crippen LogP) is 3.26. The van der Waals surface area contributed by atoms with Crippen LogP contribution >= 0.6 is 11.3 Å². The monoisotopic (exact) mass is 343 g/mol. The summed E-state index contributed by atoms with van der Waals surface area (Å²) in [6.45, 7) is 8.50.